The number of methoxy groups -OCH3 is 1. The van der Waals surface area contributed by atoms with E-state index in [0.717, 1.165) is 18.4 Å². The smallest absolute Gasteiger partial charge is 0.409 e. The highest BCUT2D eigenvalue weighted by Crippen LogP contribution is 2.22. The van der Waals surface area contributed by atoms with Gasteiger partial charge in [-0.25, -0.2) is 9.18 Å². The summed E-state index contributed by atoms with van der Waals surface area (Å²) in [6, 6.07) is 6.94. The van der Waals surface area contributed by atoms with E-state index in [1.165, 1.54) is 13.2 Å². The van der Waals surface area contributed by atoms with Crippen molar-refractivity contribution in [1.82, 2.24) is 15.5 Å². The Bertz CT molecular complexity index is 646. The van der Waals surface area contributed by atoms with E-state index in [9.17, 15) is 9.18 Å². The molecule has 1 heterocycles. The maximum atomic E-state index is 13.5. The van der Waals surface area contributed by atoms with Gasteiger partial charge < -0.3 is 20.3 Å². The molecule has 6 nitrogen and oxygen atoms in total. The third-order valence-corrected chi connectivity index (χ3v) is 4.80. The van der Waals surface area contributed by atoms with Gasteiger partial charge >= 0.3 is 6.09 Å². The van der Waals surface area contributed by atoms with E-state index in [-0.39, 0.29) is 47.3 Å². The van der Waals surface area contributed by atoms with Gasteiger partial charge in [0.15, 0.2) is 5.96 Å². The second kappa shape index (κ2) is 10.7. The minimum Gasteiger partial charge on any atom is -0.453 e. The van der Waals surface area contributed by atoms with Gasteiger partial charge in [-0.2, -0.15) is 0 Å². The highest BCUT2D eigenvalue weighted by atomic mass is 127. The Morgan fingerprint density at radius 1 is 1.37 bits per heavy atom. The lowest BCUT2D eigenvalue weighted by Gasteiger charge is -2.33. The second-order valence-electron chi connectivity index (χ2n) is 7.20. The van der Waals surface area contributed by atoms with Crippen LogP contribution in [0.2, 0.25) is 0 Å². The van der Waals surface area contributed by atoms with Crippen molar-refractivity contribution >= 4 is 36.0 Å². The molecule has 0 aromatic heterocycles. The number of nitrogens with zero attached hydrogens (tertiary/aromatic N) is 2. The zero-order valence-electron chi connectivity index (χ0n) is 16.4. The molecule has 0 atom stereocenters. The van der Waals surface area contributed by atoms with Crippen LogP contribution in [0.1, 0.15) is 32.3 Å². The quantitative estimate of drug-likeness (QED) is 0.385. The molecule has 2 rings (SSSR count). The van der Waals surface area contributed by atoms with Crippen LogP contribution < -0.4 is 10.6 Å². The molecule has 8 heteroatoms. The first-order chi connectivity index (χ1) is 12.4. The summed E-state index contributed by atoms with van der Waals surface area (Å²) in [6.07, 6.45) is 1.40. The Morgan fingerprint density at radius 3 is 2.59 bits per heavy atom. The van der Waals surface area contributed by atoms with Gasteiger partial charge in [0, 0.05) is 38.1 Å². The van der Waals surface area contributed by atoms with E-state index < -0.39 is 0 Å². The number of hydrogen-bond donors (Lipinski definition) is 2. The number of nitrogens with one attached hydrogen (secondary N) is 2. The number of rotatable bonds is 4. The number of halogens is 2. The summed E-state index contributed by atoms with van der Waals surface area (Å²) >= 11 is 0. The summed E-state index contributed by atoms with van der Waals surface area (Å²) < 4.78 is 18.2. The molecule has 0 saturated carbocycles. The van der Waals surface area contributed by atoms with E-state index in [1.807, 2.05) is 6.07 Å². The summed E-state index contributed by atoms with van der Waals surface area (Å²) in [7, 11) is 3.13. The van der Waals surface area contributed by atoms with E-state index in [1.54, 1.807) is 24.1 Å². The van der Waals surface area contributed by atoms with E-state index >= 15 is 0 Å². The van der Waals surface area contributed by atoms with Crippen LogP contribution in [-0.2, 0) is 10.2 Å². The van der Waals surface area contributed by atoms with Gasteiger partial charge in [-0.05, 0) is 30.5 Å². The van der Waals surface area contributed by atoms with Gasteiger partial charge in [0.25, 0.3) is 0 Å². The third-order valence-electron chi connectivity index (χ3n) is 4.80. The normalized spacial score (nSPS) is 15.7. The highest BCUT2D eigenvalue weighted by molar-refractivity contribution is 14.0. The Morgan fingerprint density at radius 2 is 2.04 bits per heavy atom. The number of aliphatic imine (C=N–C) groups is 1. The molecule has 0 radical (unpaired) electrons. The third kappa shape index (κ3) is 6.82. The molecular formula is C19H30FIN4O2. The maximum Gasteiger partial charge on any atom is 0.409 e. The molecule has 2 N–H and O–H groups in total. The Hall–Kier alpha value is -1.58. The zero-order chi connectivity index (χ0) is 19.2. The number of piperidine rings is 1. The summed E-state index contributed by atoms with van der Waals surface area (Å²) in [6.45, 7) is 6.08. The Balaban J connectivity index is 0.00000364. The van der Waals surface area contributed by atoms with Crippen molar-refractivity contribution in [3.05, 3.63) is 35.6 Å². The van der Waals surface area contributed by atoms with Crippen molar-refractivity contribution in [3.8, 4) is 0 Å². The lowest BCUT2D eigenvalue weighted by atomic mass is 9.84. The first-order valence-electron chi connectivity index (χ1n) is 8.92. The lowest BCUT2D eigenvalue weighted by Crippen LogP contribution is -2.51. The number of carbonyl (C=O) groups excluding carboxylic acids is 1. The van der Waals surface area contributed by atoms with Gasteiger partial charge in [0.2, 0.25) is 0 Å². The fourth-order valence-electron chi connectivity index (χ4n) is 3.04. The van der Waals surface area contributed by atoms with E-state index in [2.05, 4.69) is 29.5 Å². The van der Waals surface area contributed by atoms with Gasteiger partial charge in [-0.1, -0.05) is 26.0 Å². The van der Waals surface area contributed by atoms with Gasteiger partial charge in [-0.15, -0.1) is 24.0 Å². The van der Waals surface area contributed by atoms with Crippen LogP contribution in [0.4, 0.5) is 9.18 Å². The van der Waals surface area contributed by atoms with Crippen LogP contribution in [0, 0.1) is 5.82 Å². The van der Waals surface area contributed by atoms with Crippen molar-refractivity contribution in [2.45, 2.75) is 38.1 Å². The molecule has 152 valence electrons. The first kappa shape index (κ1) is 23.5. The SMILES string of the molecule is CN=C(NCC(C)(C)c1cccc(F)c1)NC1CCN(C(=O)OC)CC1.I. The van der Waals surface area contributed by atoms with Crippen LogP contribution in [0.25, 0.3) is 0 Å². The van der Waals surface area contributed by atoms with Crippen molar-refractivity contribution in [2.24, 2.45) is 4.99 Å². The first-order valence-corrected chi connectivity index (χ1v) is 8.92. The van der Waals surface area contributed by atoms with Gasteiger partial charge in [0.05, 0.1) is 7.11 Å². The van der Waals surface area contributed by atoms with Crippen molar-refractivity contribution in [1.29, 1.82) is 0 Å². The fourth-order valence-corrected chi connectivity index (χ4v) is 3.04. The minimum absolute atomic E-state index is 0. The molecule has 1 fully saturated rings. The number of ether oxygens (including phenoxy) is 1. The largest absolute Gasteiger partial charge is 0.453 e. The number of guanidine groups is 1. The van der Waals surface area contributed by atoms with Crippen LogP contribution in [0.3, 0.4) is 0 Å². The monoisotopic (exact) mass is 492 g/mol. The Kier molecular flexibility index (Phi) is 9.28. The van der Waals surface area contributed by atoms with Crippen LogP contribution >= 0.6 is 24.0 Å². The molecular weight excluding hydrogens is 462 g/mol. The van der Waals surface area contributed by atoms with Crippen LogP contribution in [-0.4, -0.2) is 56.8 Å². The summed E-state index contributed by atoms with van der Waals surface area (Å²) in [5.41, 5.74) is 0.695. The molecule has 0 aliphatic carbocycles. The predicted octanol–water partition coefficient (Wildman–Crippen LogP) is 3.12. The summed E-state index contributed by atoms with van der Waals surface area (Å²) in [4.78, 5) is 17.5. The predicted molar refractivity (Wildman–Crippen MR) is 116 cm³/mol. The average Bonchev–Trinajstić information content (AvgIpc) is 2.65. The zero-order valence-corrected chi connectivity index (χ0v) is 18.7. The number of carbonyl (C=O) groups is 1. The summed E-state index contributed by atoms with van der Waals surface area (Å²) in [5, 5.41) is 6.74. The molecule has 1 saturated heterocycles. The molecule has 1 aromatic rings. The van der Waals surface area contributed by atoms with Crippen LogP contribution in [0.15, 0.2) is 29.3 Å². The molecule has 1 aliphatic heterocycles. The number of benzene rings is 1. The standard InChI is InChI=1S/C19H29FN4O2.HI/c1-19(2,14-6-5-7-15(20)12-14)13-22-17(21-3)23-16-8-10-24(11-9-16)18(25)26-4;/h5-7,12,16H,8-11,13H2,1-4H3,(H2,21,22,23);1H. The second-order valence-corrected chi connectivity index (χ2v) is 7.20. The average molecular weight is 492 g/mol. The van der Waals surface area contributed by atoms with Crippen LogP contribution in [0.5, 0.6) is 0 Å². The van der Waals surface area contributed by atoms with Crippen molar-refractivity contribution in [2.75, 3.05) is 33.8 Å². The van der Waals surface area contributed by atoms with Crippen molar-refractivity contribution in [3.63, 3.8) is 0 Å². The lowest BCUT2D eigenvalue weighted by molar-refractivity contribution is 0.111. The molecule has 1 aliphatic rings. The maximum absolute atomic E-state index is 13.5. The molecule has 0 spiro atoms. The molecule has 27 heavy (non-hydrogen) atoms. The minimum atomic E-state index is -0.275. The highest BCUT2D eigenvalue weighted by Gasteiger charge is 2.25. The topological polar surface area (TPSA) is 66.0 Å². The fraction of sp³-hybridized carbons (Fsp3) is 0.579. The molecule has 0 bridgehead atoms. The number of amides is 1. The van der Waals surface area contributed by atoms with E-state index in [0.29, 0.717) is 25.6 Å². The Labute approximate surface area is 178 Å². The van der Waals surface area contributed by atoms with Gasteiger partial charge in [-0.3, -0.25) is 4.99 Å². The van der Waals surface area contributed by atoms with Gasteiger partial charge in [0.1, 0.15) is 5.82 Å². The summed E-state index contributed by atoms with van der Waals surface area (Å²) in [5.74, 6) is 0.487. The molecule has 1 aromatic carbocycles. The van der Waals surface area contributed by atoms with Crippen molar-refractivity contribution < 1.29 is 13.9 Å². The molecule has 0 unspecified atom stereocenters. The number of hydrogen-bond acceptors (Lipinski definition) is 3. The van der Waals surface area contributed by atoms with E-state index in [4.69, 9.17) is 4.74 Å². The molecule has 1 amide bonds. The number of likely N-dealkylation sites (tertiary alicyclic amines) is 1.